The average molecular weight is 287 g/mol. The quantitative estimate of drug-likeness (QED) is 0.917. The molecule has 21 heavy (non-hydrogen) atoms. The van der Waals surface area contributed by atoms with Gasteiger partial charge in [-0.1, -0.05) is 12.1 Å². The number of rotatable bonds is 5. The molecule has 0 spiro atoms. The molecule has 1 N–H and O–H groups in total. The van der Waals surface area contributed by atoms with Gasteiger partial charge in [0.1, 0.15) is 11.3 Å². The topological polar surface area (TPSA) is 37.4 Å². The molecule has 1 aromatic carbocycles. The van der Waals surface area contributed by atoms with Crippen LogP contribution in [0.1, 0.15) is 25.1 Å². The van der Waals surface area contributed by atoms with Gasteiger partial charge in [0.2, 0.25) is 0 Å². The summed E-state index contributed by atoms with van der Waals surface area (Å²) < 4.78 is 5.92. The second kappa shape index (κ2) is 6.31. The second-order valence-corrected chi connectivity index (χ2v) is 5.77. The molecule has 0 aliphatic carbocycles. The number of pyridine rings is 1. The van der Waals surface area contributed by atoms with Crippen LogP contribution in [0.2, 0.25) is 0 Å². The lowest BCUT2D eigenvalue weighted by Crippen LogP contribution is -2.17. The van der Waals surface area contributed by atoms with E-state index in [0.29, 0.717) is 0 Å². The molecule has 114 valence electrons. The number of hydrogen-bond acceptors (Lipinski definition) is 4. The van der Waals surface area contributed by atoms with Crippen molar-refractivity contribution in [2.45, 2.75) is 33.4 Å². The first kappa shape index (κ1) is 15.6. The largest absolute Gasteiger partial charge is 0.489 e. The maximum atomic E-state index is 5.92. The van der Waals surface area contributed by atoms with E-state index in [-0.39, 0.29) is 6.10 Å². The summed E-state index contributed by atoms with van der Waals surface area (Å²) in [6.45, 7) is 6.94. The van der Waals surface area contributed by atoms with Crippen molar-refractivity contribution in [3.8, 4) is 5.75 Å². The van der Waals surface area contributed by atoms with Gasteiger partial charge >= 0.3 is 0 Å². The summed E-state index contributed by atoms with van der Waals surface area (Å²) in [5, 5.41) is 4.37. The highest BCUT2D eigenvalue weighted by molar-refractivity contribution is 5.97. The van der Waals surface area contributed by atoms with Crippen molar-refractivity contribution in [1.29, 1.82) is 0 Å². The average Bonchev–Trinajstić information content (AvgIpc) is 2.39. The van der Waals surface area contributed by atoms with Gasteiger partial charge in [-0.15, -0.1) is 0 Å². The van der Waals surface area contributed by atoms with Crippen LogP contribution < -0.4 is 15.0 Å². The predicted molar refractivity (Wildman–Crippen MR) is 89.3 cm³/mol. The number of fused-ring (bicyclic) bond motifs is 1. The molecule has 1 aromatic heterocycles. The fourth-order valence-corrected chi connectivity index (χ4v) is 2.65. The van der Waals surface area contributed by atoms with Crippen LogP contribution in [-0.4, -0.2) is 32.2 Å². The molecular weight excluding hydrogens is 262 g/mol. The van der Waals surface area contributed by atoms with Gasteiger partial charge in [-0.25, -0.2) is 4.98 Å². The first-order valence-electron chi connectivity index (χ1n) is 7.36. The Bertz CT molecular complexity index is 635. The molecule has 2 rings (SSSR count). The van der Waals surface area contributed by atoms with Gasteiger partial charge in [0, 0.05) is 37.3 Å². The van der Waals surface area contributed by atoms with E-state index in [2.05, 4.69) is 37.3 Å². The van der Waals surface area contributed by atoms with Crippen molar-refractivity contribution >= 4 is 16.6 Å². The highest BCUT2D eigenvalue weighted by Gasteiger charge is 2.16. The lowest BCUT2D eigenvalue weighted by atomic mass is 10.0. The van der Waals surface area contributed by atoms with Crippen LogP contribution in [0, 0.1) is 6.92 Å². The molecule has 0 fully saturated rings. The zero-order chi connectivity index (χ0) is 15.6. The minimum Gasteiger partial charge on any atom is -0.489 e. The second-order valence-electron chi connectivity index (χ2n) is 5.77. The van der Waals surface area contributed by atoms with E-state index in [1.807, 2.05) is 33.0 Å². The van der Waals surface area contributed by atoms with Crippen LogP contribution in [0.25, 0.3) is 10.9 Å². The predicted octanol–water partition coefficient (Wildman–Crippen LogP) is 3.12. The Morgan fingerprint density at radius 3 is 2.57 bits per heavy atom. The van der Waals surface area contributed by atoms with E-state index in [1.54, 1.807) is 0 Å². The van der Waals surface area contributed by atoms with Gasteiger partial charge in [-0.2, -0.15) is 0 Å². The van der Waals surface area contributed by atoms with Gasteiger partial charge in [-0.05, 0) is 33.9 Å². The van der Waals surface area contributed by atoms with Crippen molar-refractivity contribution < 1.29 is 4.74 Å². The molecule has 4 heteroatoms. The zero-order valence-electron chi connectivity index (χ0n) is 13.8. The third kappa shape index (κ3) is 3.10. The molecule has 4 nitrogen and oxygen atoms in total. The van der Waals surface area contributed by atoms with Crippen molar-refractivity contribution in [1.82, 2.24) is 10.3 Å². The lowest BCUT2D eigenvalue weighted by Gasteiger charge is -2.23. The number of para-hydroxylation sites is 1. The Kier molecular flexibility index (Phi) is 4.68. The molecule has 0 atom stereocenters. The standard InChI is InChI=1S/C17H25N3O/c1-11(2)21-15-9-7-8-13-16(15)19-12(3)14(10-18-4)17(13)20(5)6/h7-9,11,18H,10H2,1-6H3. The fraction of sp³-hybridized carbons (Fsp3) is 0.471. The summed E-state index contributed by atoms with van der Waals surface area (Å²) in [6.07, 6.45) is 0.137. The first-order chi connectivity index (χ1) is 9.95. The summed E-state index contributed by atoms with van der Waals surface area (Å²) in [6, 6.07) is 6.14. The Hall–Kier alpha value is -1.81. The molecule has 0 saturated heterocycles. The smallest absolute Gasteiger partial charge is 0.145 e. The molecule has 0 radical (unpaired) electrons. The van der Waals surface area contributed by atoms with E-state index in [0.717, 1.165) is 28.9 Å². The lowest BCUT2D eigenvalue weighted by molar-refractivity contribution is 0.245. The van der Waals surface area contributed by atoms with Crippen LogP contribution in [0.5, 0.6) is 5.75 Å². The van der Waals surface area contributed by atoms with Crippen LogP contribution in [-0.2, 0) is 6.54 Å². The number of aromatic nitrogens is 1. The number of nitrogens with one attached hydrogen (secondary N) is 1. The van der Waals surface area contributed by atoms with E-state index in [9.17, 15) is 0 Å². The molecule has 0 saturated carbocycles. The van der Waals surface area contributed by atoms with Gasteiger partial charge in [-0.3, -0.25) is 0 Å². The summed E-state index contributed by atoms with van der Waals surface area (Å²) in [7, 11) is 6.11. The third-order valence-electron chi connectivity index (χ3n) is 3.42. The summed E-state index contributed by atoms with van der Waals surface area (Å²) in [5.41, 5.74) is 4.42. The molecule has 0 aliphatic heterocycles. The monoisotopic (exact) mass is 287 g/mol. The summed E-state index contributed by atoms with van der Waals surface area (Å²) in [5.74, 6) is 0.852. The van der Waals surface area contributed by atoms with Crippen molar-refractivity contribution in [3.05, 3.63) is 29.5 Å². The highest BCUT2D eigenvalue weighted by atomic mass is 16.5. The molecule has 0 bridgehead atoms. The Morgan fingerprint density at radius 2 is 2.00 bits per heavy atom. The molecule has 2 aromatic rings. The molecule has 1 heterocycles. The Labute approximate surface area is 127 Å². The minimum atomic E-state index is 0.137. The molecule has 0 amide bonds. The maximum absolute atomic E-state index is 5.92. The summed E-state index contributed by atoms with van der Waals surface area (Å²) >= 11 is 0. The van der Waals surface area contributed by atoms with Crippen LogP contribution in [0.4, 0.5) is 5.69 Å². The van der Waals surface area contributed by atoms with E-state index in [4.69, 9.17) is 9.72 Å². The zero-order valence-corrected chi connectivity index (χ0v) is 13.8. The van der Waals surface area contributed by atoms with Gasteiger partial charge < -0.3 is 15.0 Å². The van der Waals surface area contributed by atoms with E-state index in [1.165, 1.54) is 11.3 Å². The van der Waals surface area contributed by atoms with Crippen molar-refractivity contribution in [2.75, 3.05) is 26.0 Å². The third-order valence-corrected chi connectivity index (χ3v) is 3.42. The van der Waals surface area contributed by atoms with Crippen molar-refractivity contribution in [2.24, 2.45) is 0 Å². The van der Waals surface area contributed by atoms with E-state index >= 15 is 0 Å². The first-order valence-corrected chi connectivity index (χ1v) is 7.36. The SMILES string of the molecule is CNCc1c(C)nc2c(OC(C)C)cccc2c1N(C)C. The number of benzene rings is 1. The van der Waals surface area contributed by atoms with Gasteiger partial charge in [0.15, 0.2) is 0 Å². The fourth-order valence-electron chi connectivity index (χ4n) is 2.65. The molecular formula is C17H25N3O. The number of aryl methyl sites for hydroxylation is 1. The van der Waals surface area contributed by atoms with Crippen LogP contribution in [0.3, 0.4) is 0 Å². The Balaban J connectivity index is 2.75. The van der Waals surface area contributed by atoms with Crippen LogP contribution >= 0.6 is 0 Å². The number of ether oxygens (including phenoxy) is 1. The van der Waals surface area contributed by atoms with Gasteiger partial charge in [0.25, 0.3) is 0 Å². The number of hydrogen-bond donors (Lipinski definition) is 1. The highest BCUT2D eigenvalue weighted by Crippen LogP contribution is 2.35. The number of anilines is 1. The Morgan fingerprint density at radius 1 is 1.29 bits per heavy atom. The van der Waals surface area contributed by atoms with Gasteiger partial charge in [0.05, 0.1) is 11.8 Å². The maximum Gasteiger partial charge on any atom is 0.145 e. The molecule has 0 unspecified atom stereocenters. The minimum absolute atomic E-state index is 0.137. The normalized spacial score (nSPS) is 11.2. The summed E-state index contributed by atoms with van der Waals surface area (Å²) in [4.78, 5) is 6.95. The van der Waals surface area contributed by atoms with Crippen molar-refractivity contribution in [3.63, 3.8) is 0 Å². The molecule has 0 aliphatic rings. The van der Waals surface area contributed by atoms with E-state index < -0.39 is 0 Å². The number of nitrogens with zero attached hydrogens (tertiary/aromatic N) is 2. The van der Waals surface area contributed by atoms with Crippen LogP contribution in [0.15, 0.2) is 18.2 Å².